The number of fused-ring (bicyclic) bond motifs is 6. The van der Waals surface area contributed by atoms with Crippen molar-refractivity contribution in [2.75, 3.05) is 0 Å². The summed E-state index contributed by atoms with van der Waals surface area (Å²) >= 11 is 0. The van der Waals surface area contributed by atoms with Gasteiger partial charge in [-0.25, -0.2) is 4.98 Å². The second kappa shape index (κ2) is 6.44. The highest BCUT2D eigenvalue weighted by Gasteiger charge is 2.15. The Balaban J connectivity index is 1.89. The van der Waals surface area contributed by atoms with Gasteiger partial charge in [0.15, 0.2) is 0 Å². The van der Waals surface area contributed by atoms with E-state index in [1.54, 1.807) is 0 Å². The molecule has 0 N–H and O–H groups in total. The van der Waals surface area contributed by atoms with Crippen molar-refractivity contribution >= 4 is 43.4 Å². The molecule has 0 aliphatic carbocycles. The first-order valence-electron chi connectivity index (χ1n) is 10.0. The van der Waals surface area contributed by atoms with Crippen LogP contribution in [0.5, 0.6) is 0 Å². The Labute approximate surface area is 174 Å². The van der Waals surface area contributed by atoms with E-state index in [4.69, 9.17) is 11.4 Å². The predicted molar refractivity (Wildman–Crippen MR) is 128 cm³/mol. The molecule has 1 nitrogen and oxygen atoms in total. The fourth-order valence-corrected chi connectivity index (χ4v) is 4.49. The number of hydrogen-bond donors (Lipinski definition) is 0. The van der Waals surface area contributed by atoms with E-state index in [1.807, 2.05) is 12.1 Å². The van der Waals surface area contributed by atoms with Crippen LogP contribution in [0.15, 0.2) is 97.1 Å². The lowest BCUT2D eigenvalue weighted by Crippen LogP contribution is -1.92. The highest BCUT2D eigenvalue weighted by atomic mass is 14.7. The highest BCUT2D eigenvalue weighted by molar-refractivity contribution is 6.21. The Morgan fingerprint density at radius 3 is 1.77 bits per heavy atom. The number of nitrogens with zero attached hydrogens (tertiary/aromatic N) is 1. The Kier molecular flexibility index (Phi) is 3.60. The number of terminal acetylenes is 1. The molecule has 0 radical (unpaired) electrons. The van der Waals surface area contributed by atoms with Crippen LogP contribution >= 0.6 is 0 Å². The molecule has 0 fully saturated rings. The quantitative estimate of drug-likeness (QED) is 0.165. The van der Waals surface area contributed by atoms with Crippen molar-refractivity contribution in [2.45, 2.75) is 0 Å². The zero-order valence-electron chi connectivity index (χ0n) is 16.3. The van der Waals surface area contributed by atoms with Crippen molar-refractivity contribution in [3.8, 4) is 23.5 Å². The van der Waals surface area contributed by atoms with E-state index in [9.17, 15) is 0 Å². The molecule has 0 unspecified atom stereocenters. The van der Waals surface area contributed by atoms with Crippen LogP contribution in [-0.4, -0.2) is 4.98 Å². The largest absolute Gasteiger partial charge is 0.246 e. The molecule has 1 aromatic heterocycles. The van der Waals surface area contributed by atoms with Crippen LogP contribution in [0, 0.1) is 12.3 Å². The maximum atomic E-state index is 5.71. The van der Waals surface area contributed by atoms with Crippen molar-refractivity contribution in [1.29, 1.82) is 0 Å². The summed E-state index contributed by atoms with van der Waals surface area (Å²) in [6, 6.07) is 33.9. The minimum Gasteiger partial charge on any atom is -0.246 e. The summed E-state index contributed by atoms with van der Waals surface area (Å²) in [5, 5.41) is 7.01. The molecule has 0 saturated heterocycles. The van der Waals surface area contributed by atoms with Crippen LogP contribution in [-0.2, 0) is 0 Å². The molecule has 0 aliphatic rings. The molecule has 1 heteroatoms. The van der Waals surface area contributed by atoms with Gasteiger partial charge in [-0.3, -0.25) is 0 Å². The van der Waals surface area contributed by atoms with E-state index in [2.05, 4.69) is 90.8 Å². The zero-order chi connectivity index (χ0) is 20.1. The fourth-order valence-electron chi connectivity index (χ4n) is 4.49. The number of benzene rings is 5. The molecule has 0 atom stereocenters. The predicted octanol–water partition coefficient (Wildman–Crippen LogP) is 7.34. The third kappa shape index (κ3) is 2.41. The van der Waals surface area contributed by atoms with Crippen molar-refractivity contribution in [1.82, 2.24) is 4.98 Å². The molecular weight excluding hydrogens is 362 g/mol. The summed E-state index contributed by atoms with van der Waals surface area (Å²) in [5.41, 5.74) is 5.24. The van der Waals surface area contributed by atoms with Gasteiger partial charge in [0, 0.05) is 32.7 Å². The Morgan fingerprint density at radius 2 is 1.17 bits per heavy atom. The monoisotopic (exact) mass is 379 g/mol. The van der Waals surface area contributed by atoms with Gasteiger partial charge in [-0.1, -0.05) is 90.8 Å². The Morgan fingerprint density at radius 1 is 0.567 bits per heavy atom. The van der Waals surface area contributed by atoms with Crippen LogP contribution in [0.25, 0.3) is 54.5 Å². The van der Waals surface area contributed by atoms with Gasteiger partial charge in [-0.2, -0.15) is 0 Å². The van der Waals surface area contributed by atoms with Crippen LogP contribution in [0.3, 0.4) is 0 Å². The Hall–Kier alpha value is -4.15. The Bertz CT molecular complexity index is 1560. The van der Waals surface area contributed by atoms with Crippen molar-refractivity contribution in [3.63, 3.8) is 0 Å². The van der Waals surface area contributed by atoms with E-state index in [0.29, 0.717) is 0 Å². The van der Waals surface area contributed by atoms with Gasteiger partial charge in [0.1, 0.15) is 0 Å². The minimum atomic E-state index is 0.882. The molecule has 0 saturated carbocycles. The first-order chi connectivity index (χ1) is 14.8. The SMILES string of the molecule is C#Cc1cccc(-c2c3ccc4ccccc4c3nc3c2ccc2ccccc23)c1. The van der Waals surface area contributed by atoms with E-state index in [-0.39, 0.29) is 0 Å². The molecule has 30 heavy (non-hydrogen) atoms. The fraction of sp³-hybridized carbons (Fsp3) is 0. The standard InChI is InChI=1S/C29H17N/c1-2-19-8-7-11-22(18-19)27-25-16-14-20-9-3-5-12-23(20)28(25)30-29-24-13-6-4-10-21(24)15-17-26(27)29/h1,3-18H. The molecular formula is C29H17N. The van der Waals surface area contributed by atoms with Gasteiger partial charge in [-0.05, 0) is 28.5 Å². The maximum Gasteiger partial charge on any atom is 0.0794 e. The van der Waals surface area contributed by atoms with Crippen LogP contribution in [0.4, 0.5) is 0 Å². The topological polar surface area (TPSA) is 12.9 Å². The average molecular weight is 379 g/mol. The lowest BCUT2D eigenvalue weighted by Gasteiger charge is -2.15. The summed E-state index contributed by atoms with van der Waals surface area (Å²) in [7, 11) is 0. The number of aromatic nitrogens is 1. The summed E-state index contributed by atoms with van der Waals surface area (Å²) in [6.07, 6.45) is 5.71. The van der Waals surface area contributed by atoms with Crippen LogP contribution < -0.4 is 0 Å². The average Bonchev–Trinajstić information content (AvgIpc) is 2.82. The van der Waals surface area contributed by atoms with Crippen LogP contribution in [0.1, 0.15) is 5.56 Å². The highest BCUT2D eigenvalue weighted by Crippen LogP contribution is 2.39. The van der Waals surface area contributed by atoms with Crippen molar-refractivity contribution < 1.29 is 0 Å². The van der Waals surface area contributed by atoms with Gasteiger partial charge < -0.3 is 0 Å². The molecule has 0 bridgehead atoms. The molecule has 5 aromatic carbocycles. The van der Waals surface area contributed by atoms with Gasteiger partial charge in [-0.15, -0.1) is 6.42 Å². The second-order valence-electron chi connectivity index (χ2n) is 7.58. The van der Waals surface area contributed by atoms with Gasteiger partial charge in [0.2, 0.25) is 0 Å². The molecule has 6 rings (SSSR count). The van der Waals surface area contributed by atoms with E-state index < -0.39 is 0 Å². The molecule has 1 heterocycles. The third-order valence-corrected chi connectivity index (χ3v) is 5.88. The molecule has 0 spiro atoms. The van der Waals surface area contributed by atoms with Crippen molar-refractivity contribution in [2.24, 2.45) is 0 Å². The molecule has 6 aromatic rings. The third-order valence-electron chi connectivity index (χ3n) is 5.88. The normalized spacial score (nSPS) is 11.3. The first kappa shape index (κ1) is 16.8. The van der Waals surface area contributed by atoms with Crippen LogP contribution in [0.2, 0.25) is 0 Å². The second-order valence-corrected chi connectivity index (χ2v) is 7.58. The zero-order valence-corrected chi connectivity index (χ0v) is 16.3. The van der Waals surface area contributed by atoms with Gasteiger partial charge >= 0.3 is 0 Å². The summed E-state index contributed by atoms with van der Waals surface area (Å²) in [5.74, 6) is 2.78. The lowest BCUT2D eigenvalue weighted by molar-refractivity contribution is 1.53. The minimum absolute atomic E-state index is 0.882. The number of pyridine rings is 1. The maximum absolute atomic E-state index is 5.71. The first-order valence-corrected chi connectivity index (χ1v) is 10.0. The van der Waals surface area contributed by atoms with E-state index in [0.717, 1.165) is 32.9 Å². The number of rotatable bonds is 1. The van der Waals surface area contributed by atoms with Gasteiger partial charge in [0.05, 0.1) is 11.0 Å². The summed E-state index contributed by atoms with van der Waals surface area (Å²) in [4.78, 5) is 5.22. The van der Waals surface area contributed by atoms with Crippen molar-refractivity contribution in [3.05, 3.63) is 103 Å². The molecule has 0 aliphatic heterocycles. The smallest absolute Gasteiger partial charge is 0.0794 e. The lowest BCUT2D eigenvalue weighted by atomic mass is 9.92. The number of hydrogen-bond acceptors (Lipinski definition) is 1. The molecule has 138 valence electrons. The van der Waals surface area contributed by atoms with E-state index >= 15 is 0 Å². The van der Waals surface area contributed by atoms with E-state index in [1.165, 1.54) is 27.1 Å². The summed E-state index contributed by atoms with van der Waals surface area (Å²) < 4.78 is 0. The molecule has 0 amide bonds. The summed E-state index contributed by atoms with van der Waals surface area (Å²) in [6.45, 7) is 0. The van der Waals surface area contributed by atoms with Gasteiger partial charge in [0.25, 0.3) is 0 Å².